The number of benzene rings is 2. The van der Waals surface area contributed by atoms with Crippen LogP contribution in [0.4, 0.5) is 5.69 Å². The monoisotopic (exact) mass is 379 g/mol. The summed E-state index contributed by atoms with van der Waals surface area (Å²) in [5.41, 5.74) is 4.22. The smallest absolute Gasteiger partial charge is 0.242 e. The van der Waals surface area contributed by atoms with Crippen LogP contribution in [0.15, 0.2) is 70.2 Å². The van der Waals surface area contributed by atoms with E-state index in [0.29, 0.717) is 5.56 Å². The van der Waals surface area contributed by atoms with Gasteiger partial charge in [0.05, 0.1) is 16.8 Å². The molecule has 136 valence electrons. The number of hydrazone groups is 1. The number of nitriles is 2. The van der Waals surface area contributed by atoms with Crippen molar-refractivity contribution in [2.45, 2.75) is 4.90 Å². The van der Waals surface area contributed by atoms with Gasteiger partial charge in [-0.3, -0.25) is 5.43 Å². The Hall–Kier alpha value is -3.46. The van der Waals surface area contributed by atoms with Crippen LogP contribution in [0.5, 0.6) is 0 Å². The summed E-state index contributed by atoms with van der Waals surface area (Å²) in [5, 5.41) is 22.5. The lowest BCUT2D eigenvalue weighted by atomic mass is 10.0. The van der Waals surface area contributed by atoms with E-state index in [0.717, 1.165) is 9.99 Å². The SMILES string of the molecule is CN(C)S(=O)(=O)c1ccc(C(/C=N/Nc2ccccc2)=C(C#N)C#N)cc1. The van der Waals surface area contributed by atoms with Crippen molar-refractivity contribution in [3.63, 3.8) is 0 Å². The Bertz CT molecular complexity index is 1030. The first-order valence-electron chi connectivity index (χ1n) is 7.81. The molecule has 0 saturated heterocycles. The first kappa shape index (κ1) is 19.9. The van der Waals surface area contributed by atoms with Gasteiger partial charge in [0.25, 0.3) is 0 Å². The highest BCUT2D eigenvalue weighted by molar-refractivity contribution is 7.89. The summed E-state index contributed by atoms with van der Waals surface area (Å²) in [4.78, 5) is 0.116. The Morgan fingerprint density at radius 3 is 2.15 bits per heavy atom. The van der Waals surface area contributed by atoms with Gasteiger partial charge in [0, 0.05) is 19.7 Å². The van der Waals surface area contributed by atoms with E-state index in [1.54, 1.807) is 0 Å². The third-order valence-corrected chi connectivity index (χ3v) is 5.43. The van der Waals surface area contributed by atoms with Crippen molar-refractivity contribution < 1.29 is 8.42 Å². The van der Waals surface area contributed by atoms with Crippen molar-refractivity contribution in [3.05, 3.63) is 65.7 Å². The third kappa shape index (κ3) is 4.79. The van der Waals surface area contributed by atoms with Crippen LogP contribution in [0.25, 0.3) is 5.57 Å². The molecule has 0 bridgehead atoms. The molecule has 0 aromatic heterocycles. The molecule has 2 rings (SSSR count). The second-order valence-electron chi connectivity index (χ2n) is 5.56. The number of hydrogen-bond acceptors (Lipinski definition) is 6. The van der Waals surface area contributed by atoms with Crippen molar-refractivity contribution in [3.8, 4) is 12.1 Å². The van der Waals surface area contributed by atoms with Gasteiger partial charge in [0.15, 0.2) is 0 Å². The minimum absolute atomic E-state index is 0.116. The number of allylic oxidation sites excluding steroid dienone is 2. The van der Waals surface area contributed by atoms with Crippen LogP contribution in [0.2, 0.25) is 0 Å². The second kappa shape index (κ2) is 8.77. The zero-order valence-electron chi connectivity index (χ0n) is 14.8. The zero-order valence-corrected chi connectivity index (χ0v) is 15.6. The molecule has 0 amide bonds. The Labute approximate surface area is 158 Å². The zero-order chi connectivity index (χ0) is 19.9. The summed E-state index contributed by atoms with van der Waals surface area (Å²) in [6.07, 6.45) is 1.37. The summed E-state index contributed by atoms with van der Waals surface area (Å²) in [6.45, 7) is 0. The average Bonchev–Trinajstić information content (AvgIpc) is 2.68. The first-order valence-corrected chi connectivity index (χ1v) is 9.25. The molecule has 1 N–H and O–H groups in total. The highest BCUT2D eigenvalue weighted by Crippen LogP contribution is 2.21. The van der Waals surface area contributed by atoms with Gasteiger partial charge in [-0.25, -0.2) is 12.7 Å². The number of rotatable bonds is 6. The van der Waals surface area contributed by atoms with Gasteiger partial charge < -0.3 is 0 Å². The van der Waals surface area contributed by atoms with Crippen LogP contribution < -0.4 is 5.43 Å². The maximum absolute atomic E-state index is 12.2. The van der Waals surface area contributed by atoms with E-state index in [1.165, 1.54) is 44.6 Å². The van der Waals surface area contributed by atoms with Crippen LogP contribution in [0, 0.1) is 22.7 Å². The number of para-hydroxylation sites is 1. The molecule has 0 fully saturated rings. The molecule has 2 aromatic carbocycles. The van der Waals surface area contributed by atoms with E-state index in [2.05, 4.69) is 10.5 Å². The molecule has 0 heterocycles. The van der Waals surface area contributed by atoms with Gasteiger partial charge in [0.1, 0.15) is 17.7 Å². The molecule has 0 aliphatic rings. The molecule has 0 aliphatic heterocycles. The topological polar surface area (TPSA) is 109 Å². The number of anilines is 1. The normalized spacial score (nSPS) is 11.0. The predicted molar refractivity (Wildman–Crippen MR) is 104 cm³/mol. The summed E-state index contributed by atoms with van der Waals surface area (Å²) in [5.74, 6) is 0. The number of nitrogens with zero attached hydrogens (tertiary/aromatic N) is 4. The maximum Gasteiger partial charge on any atom is 0.242 e. The fourth-order valence-electron chi connectivity index (χ4n) is 2.13. The Morgan fingerprint density at radius 2 is 1.63 bits per heavy atom. The van der Waals surface area contributed by atoms with Crippen LogP contribution in [0.3, 0.4) is 0 Å². The Balaban J connectivity index is 2.38. The van der Waals surface area contributed by atoms with Crippen molar-refractivity contribution in [1.29, 1.82) is 10.5 Å². The molecular weight excluding hydrogens is 362 g/mol. The highest BCUT2D eigenvalue weighted by Gasteiger charge is 2.17. The summed E-state index contributed by atoms with van der Waals surface area (Å²) >= 11 is 0. The molecule has 0 radical (unpaired) electrons. The van der Waals surface area contributed by atoms with Crippen molar-refractivity contribution in [2.24, 2.45) is 5.10 Å². The van der Waals surface area contributed by atoms with Gasteiger partial charge in [-0.1, -0.05) is 30.3 Å². The van der Waals surface area contributed by atoms with Gasteiger partial charge in [-0.2, -0.15) is 15.6 Å². The molecule has 27 heavy (non-hydrogen) atoms. The van der Waals surface area contributed by atoms with Gasteiger partial charge in [-0.05, 0) is 29.8 Å². The molecule has 0 aliphatic carbocycles. The molecule has 7 nitrogen and oxygen atoms in total. The Kier molecular flexibility index (Phi) is 6.45. The molecule has 0 atom stereocenters. The quantitative estimate of drug-likeness (QED) is 0.471. The summed E-state index contributed by atoms with van der Waals surface area (Å²) in [7, 11) is -0.674. The number of sulfonamides is 1. The molecule has 2 aromatic rings. The van der Waals surface area contributed by atoms with Crippen molar-refractivity contribution in [2.75, 3.05) is 19.5 Å². The number of nitrogens with one attached hydrogen (secondary N) is 1. The molecule has 0 saturated carbocycles. The standard InChI is InChI=1S/C19H17N5O2S/c1-24(2)27(25,26)18-10-8-15(9-11-18)19(16(12-20)13-21)14-22-23-17-6-4-3-5-7-17/h3-11,14,23H,1-2H3/b22-14+. The maximum atomic E-state index is 12.2. The van der Waals surface area contributed by atoms with Crippen LogP contribution in [-0.2, 0) is 10.0 Å². The van der Waals surface area contributed by atoms with E-state index >= 15 is 0 Å². The van der Waals surface area contributed by atoms with Gasteiger partial charge >= 0.3 is 0 Å². The van der Waals surface area contributed by atoms with Crippen LogP contribution in [-0.4, -0.2) is 33.0 Å². The molecule has 0 spiro atoms. The van der Waals surface area contributed by atoms with Crippen molar-refractivity contribution >= 4 is 27.5 Å². The van der Waals surface area contributed by atoms with Gasteiger partial charge in [0.2, 0.25) is 10.0 Å². The fraction of sp³-hybridized carbons (Fsp3) is 0.105. The fourth-order valence-corrected chi connectivity index (χ4v) is 3.03. The molecular formula is C19H17N5O2S. The summed E-state index contributed by atoms with van der Waals surface area (Å²) < 4.78 is 25.4. The molecule has 8 heteroatoms. The summed E-state index contributed by atoms with van der Waals surface area (Å²) in [6, 6.07) is 18.8. The lowest BCUT2D eigenvalue weighted by molar-refractivity contribution is 0.521. The van der Waals surface area contributed by atoms with Crippen LogP contribution in [0.1, 0.15) is 5.56 Å². The largest absolute Gasteiger partial charge is 0.279 e. The second-order valence-corrected chi connectivity index (χ2v) is 7.71. The van der Waals surface area contributed by atoms with E-state index in [4.69, 9.17) is 0 Å². The first-order chi connectivity index (χ1) is 12.9. The predicted octanol–water partition coefficient (Wildman–Crippen LogP) is 2.84. The van der Waals surface area contributed by atoms with E-state index in [-0.39, 0.29) is 16.0 Å². The highest BCUT2D eigenvalue weighted by atomic mass is 32.2. The molecule has 0 unspecified atom stereocenters. The van der Waals surface area contributed by atoms with E-state index in [1.807, 2.05) is 42.5 Å². The van der Waals surface area contributed by atoms with E-state index in [9.17, 15) is 18.9 Å². The number of hydrogen-bond donors (Lipinski definition) is 1. The lowest BCUT2D eigenvalue weighted by Gasteiger charge is -2.12. The lowest BCUT2D eigenvalue weighted by Crippen LogP contribution is -2.22. The third-order valence-electron chi connectivity index (χ3n) is 3.60. The van der Waals surface area contributed by atoms with Crippen LogP contribution >= 0.6 is 0 Å². The van der Waals surface area contributed by atoms with Crippen molar-refractivity contribution in [1.82, 2.24) is 4.31 Å². The minimum Gasteiger partial charge on any atom is -0.279 e. The average molecular weight is 379 g/mol. The van der Waals surface area contributed by atoms with E-state index < -0.39 is 10.0 Å². The Morgan fingerprint density at radius 1 is 1.04 bits per heavy atom. The minimum atomic E-state index is -3.56. The van der Waals surface area contributed by atoms with Gasteiger partial charge in [-0.15, -0.1) is 0 Å².